The number of rotatable bonds is 7. The summed E-state index contributed by atoms with van der Waals surface area (Å²) in [7, 11) is 1.98. The number of hydrogen-bond acceptors (Lipinski definition) is 4. The van der Waals surface area contributed by atoms with Crippen LogP contribution < -0.4 is 21.8 Å². The number of nitrogens with two attached hydrogens (primary N) is 3. The number of aromatic nitrogens is 2. The molecule has 0 bridgehead atoms. The molecule has 1 aromatic heterocycles. The second-order valence-electron chi connectivity index (χ2n) is 4.73. The molecular weight excluding hydrogens is 258 g/mol. The van der Waals surface area contributed by atoms with Crippen molar-refractivity contribution in [2.75, 3.05) is 6.54 Å². The van der Waals surface area contributed by atoms with Crippen LogP contribution >= 0.6 is 0 Å². The summed E-state index contributed by atoms with van der Waals surface area (Å²) < 4.78 is 3.98. The van der Waals surface area contributed by atoms with Crippen molar-refractivity contribution in [1.82, 2.24) is 4.57 Å². The van der Waals surface area contributed by atoms with Crippen molar-refractivity contribution >= 4 is 5.97 Å². The van der Waals surface area contributed by atoms with Crippen molar-refractivity contribution in [1.29, 1.82) is 0 Å². The van der Waals surface area contributed by atoms with Gasteiger partial charge in [-0.25, -0.2) is 9.13 Å². The molecule has 0 saturated heterocycles. The quantitative estimate of drug-likeness (QED) is 0.405. The van der Waals surface area contributed by atoms with E-state index in [1.807, 2.05) is 34.9 Å². The lowest BCUT2D eigenvalue weighted by Gasteiger charge is -2.03. The molecule has 0 fully saturated rings. The maximum Gasteiger partial charge on any atom is 0.320 e. The van der Waals surface area contributed by atoms with Gasteiger partial charge in [0.25, 0.3) is 0 Å². The van der Waals surface area contributed by atoms with E-state index < -0.39 is 12.0 Å². The number of imidazole rings is 1. The van der Waals surface area contributed by atoms with Gasteiger partial charge < -0.3 is 16.6 Å². The van der Waals surface area contributed by atoms with Crippen LogP contribution in [0, 0.1) is 0 Å². The molecule has 1 aromatic rings. The predicted molar refractivity (Wildman–Crippen MR) is 77.6 cm³/mol. The Bertz CT molecular complexity index is 381. The fourth-order valence-corrected chi connectivity index (χ4v) is 1.51. The number of aryl methyl sites for hydroxylation is 1. The summed E-state index contributed by atoms with van der Waals surface area (Å²) in [6.45, 7) is 2.68. The third-order valence-electron chi connectivity index (χ3n) is 2.88. The number of carboxylic acid groups (broad SMARTS) is 1. The first-order valence-corrected chi connectivity index (χ1v) is 6.89. The Morgan fingerprint density at radius 1 is 1.40 bits per heavy atom. The third kappa shape index (κ3) is 7.88. The van der Waals surface area contributed by atoms with Gasteiger partial charge in [0.15, 0.2) is 0 Å². The normalized spacial score (nSPS) is 13.2. The molecule has 0 aromatic carbocycles. The molecule has 1 heterocycles. The lowest BCUT2D eigenvalue weighted by Crippen LogP contribution is -2.29. The Morgan fingerprint density at radius 2 is 2.05 bits per heavy atom. The van der Waals surface area contributed by atoms with Crippen LogP contribution in [0.25, 0.3) is 0 Å². The zero-order chi connectivity index (χ0) is 15.5. The molecule has 0 aliphatic rings. The molecule has 0 saturated carbocycles. The Morgan fingerprint density at radius 3 is 2.45 bits per heavy atom. The van der Waals surface area contributed by atoms with Gasteiger partial charge >= 0.3 is 5.97 Å². The fraction of sp³-hybridized carbons (Fsp3) is 0.692. The molecule has 2 atom stereocenters. The predicted octanol–water partition coefficient (Wildman–Crippen LogP) is -0.293. The Kier molecular flexibility index (Phi) is 9.61. The van der Waals surface area contributed by atoms with Gasteiger partial charge in [-0.1, -0.05) is 13.3 Å². The number of aliphatic carboxylic acids is 1. The van der Waals surface area contributed by atoms with E-state index in [-0.39, 0.29) is 6.17 Å². The van der Waals surface area contributed by atoms with E-state index in [4.69, 9.17) is 22.3 Å². The molecule has 0 aliphatic heterocycles. The van der Waals surface area contributed by atoms with Gasteiger partial charge in [-0.3, -0.25) is 10.5 Å². The fourth-order valence-electron chi connectivity index (χ4n) is 1.51. The zero-order valence-corrected chi connectivity index (χ0v) is 12.4. The van der Waals surface area contributed by atoms with Crippen molar-refractivity contribution in [2.24, 2.45) is 24.2 Å². The molecule has 116 valence electrons. The van der Waals surface area contributed by atoms with Gasteiger partial charge in [0.05, 0.1) is 7.05 Å². The van der Waals surface area contributed by atoms with Crippen LogP contribution in [0.3, 0.4) is 0 Å². The highest BCUT2D eigenvalue weighted by atomic mass is 16.4. The maximum atomic E-state index is 10.1. The molecule has 0 aliphatic carbocycles. The molecule has 0 radical (unpaired) electrons. The minimum Gasteiger partial charge on any atom is -0.480 e. The van der Waals surface area contributed by atoms with E-state index in [0.29, 0.717) is 13.0 Å². The van der Waals surface area contributed by atoms with Crippen molar-refractivity contribution in [3.8, 4) is 0 Å². The second kappa shape index (κ2) is 10.4. The van der Waals surface area contributed by atoms with Crippen molar-refractivity contribution < 1.29 is 14.5 Å². The first-order valence-electron chi connectivity index (χ1n) is 6.89. The number of nitrogens with zero attached hydrogens (tertiary/aromatic N) is 2. The van der Waals surface area contributed by atoms with Gasteiger partial charge in [0.1, 0.15) is 24.6 Å². The standard InChI is InChI=1S/C7H14N3.C6H14N2O2/c1-3-7(8)10-5-4-9(2)6-10;7-4-2-1-3-5(8)6(9)10/h4-7H,3,8H2,1-2H3;5H,1-4,7-8H2,(H,9,10)/q+1;. The summed E-state index contributed by atoms with van der Waals surface area (Å²) in [6, 6.07) is -0.716. The molecular formula is C13H28N5O2+. The van der Waals surface area contributed by atoms with E-state index in [2.05, 4.69) is 6.92 Å². The molecule has 20 heavy (non-hydrogen) atoms. The SMILES string of the molecule is CCC(N)n1cc[n+](C)c1.NCCCCC(N)C(=O)O. The summed E-state index contributed by atoms with van der Waals surface area (Å²) in [4.78, 5) is 10.1. The molecule has 7 heteroatoms. The average Bonchev–Trinajstić information content (AvgIpc) is 2.85. The minimum atomic E-state index is -0.933. The molecule has 0 spiro atoms. The van der Waals surface area contributed by atoms with Crippen LogP contribution in [0.2, 0.25) is 0 Å². The lowest BCUT2D eigenvalue weighted by molar-refractivity contribution is -0.671. The van der Waals surface area contributed by atoms with Gasteiger partial charge in [0, 0.05) is 0 Å². The van der Waals surface area contributed by atoms with Crippen LogP contribution in [0.15, 0.2) is 18.7 Å². The highest BCUT2D eigenvalue weighted by molar-refractivity contribution is 5.72. The largest absolute Gasteiger partial charge is 0.480 e. The molecule has 2 unspecified atom stereocenters. The minimum absolute atomic E-state index is 0.126. The van der Waals surface area contributed by atoms with Crippen LogP contribution in [-0.2, 0) is 11.8 Å². The molecule has 1 rings (SSSR count). The number of carbonyl (C=O) groups is 1. The Balaban J connectivity index is 0.000000361. The first-order chi connectivity index (χ1) is 9.42. The zero-order valence-electron chi connectivity index (χ0n) is 12.4. The van der Waals surface area contributed by atoms with Gasteiger partial charge in [0.2, 0.25) is 6.33 Å². The first kappa shape index (κ1) is 18.6. The number of unbranched alkanes of at least 4 members (excludes halogenated alkanes) is 1. The maximum absolute atomic E-state index is 10.1. The summed E-state index contributed by atoms with van der Waals surface area (Å²) in [5.41, 5.74) is 16.2. The smallest absolute Gasteiger partial charge is 0.320 e. The third-order valence-corrected chi connectivity index (χ3v) is 2.88. The van der Waals surface area contributed by atoms with Crippen LogP contribution in [0.1, 0.15) is 38.8 Å². The highest BCUT2D eigenvalue weighted by Gasteiger charge is 2.09. The van der Waals surface area contributed by atoms with Crippen molar-refractivity contribution in [2.45, 2.75) is 44.8 Å². The number of carboxylic acids is 1. The summed E-state index contributed by atoms with van der Waals surface area (Å²) in [5.74, 6) is -0.933. The van der Waals surface area contributed by atoms with E-state index in [1.165, 1.54) is 0 Å². The molecule has 7 N–H and O–H groups in total. The van der Waals surface area contributed by atoms with Crippen molar-refractivity contribution in [3.05, 3.63) is 18.7 Å². The Hall–Kier alpha value is -1.44. The van der Waals surface area contributed by atoms with Crippen LogP contribution in [0.5, 0.6) is 0 Å². The van der Waals surface area contributed by atoms with E-state index in [0.717, 1.165) is 19.3 Å². The Labute approximate surface area is 120 Å². The van der Waals surface area contributed by atoms with Gasteiger partial charge in [-0.05, 0) is 25.8 Å². The monoisotopic (exact) mass is 286 g/mol. The molecule has 0 amide bonds. The lowest BCUT2D eigenvalue weighted by atomic mass is 10.1. The van der Waals surface area contributed by atoms with E-state index in [9.17, 15) is 4.79 Å². The van der Waals surface area contributed by atoms with Crippen molar-refractivity contribution in [3.63, 3.8) is 0 Å². The average molecular weight is 286 g/mol. The molecule has 7 nitrogen and oxygen atoms in total. The summed E-state index contributed by atoms with van der Waals surface area (Å²) in [5, 5.41) is 8.33. The van der Waals surface area contributed by atoms with E-state index >= 15 is 0 Å². The topological polar surface area (TPSA) is 124 Å². The van der Waals surface area contributed by atoms with Gasteiger partial charge in [-0.15, -0.1) is 0 Å². The van der Waals surface area contributed by atoms with E-state index in [1.54, 1.807) is 0 Å². The van der Waals surface area contributed by atoms with Gasteiger partial charge in [-0.2, -0.15) is 0 Å². The highest BCUT2D eigenvalue weighted by Crippen LogP contribution is 1.99. The number of hydrogen-bond donors (Lipinski definition) is 4. The van der Waals surface area contributed by atoms with Crippen LogP contribution in [0.4, 0.5) is 0 Å². The summed E-state index contributed by atoms with van der Waals surface area (Å²) >= 11 is 0. The summed E-state index contributed by atoms with van der Waals surface area (Å²) in [6.07, 6.45) is 9.20. The van der Waals surface area contributed by atoms with Crippen LogP contribution in [-0.4, -0.2) is 28.2 Å². The second-order valence-corrected chi connectivity index (χ2v) is 4.73.